The largest absolute Gasteiger partial charge is 0.493 e. The van der Waals surface area contributed by atoms with Gasteiger partial charge in [0.15, 0.2) is 17.1 Å². The van der Waals surface area contributed by atoms with E-state index in [1.165, 1.54) is 0 Å². The second-order valence-electron chi connectivity index (χ2n) is 6.37. The van der Waals surface area contributed by atoms with Crippen molar-refractivity contribution in [3.63, 3.8) is 0 Å². The van der Waals surface area contributed by atoms with Crippen molar-refractivity contribution in [2.75, 3.05) is 19.5 Å². The summed E-state index contributed by atoms with van der Waals surface area (Å²) in [5.41, 5.74) is 2.79. The van der Waals surface area contributed by atoms with E-state index in [-0.39, 0.29) is 5.91 Å². The van der Waals surface area contributed by atoms with Crippen LogP contribution in [-0.4, -0.2) is 34.9 Å². The molecule has 4 rings (SSSR count). The maximum Gasteiger partial charge on any atom is 0.256 e. The number of anilines is 1. The molecule has 1 amide bonds. The lowest BCUT2D eigenvalue weighted by Crippen LogP contribution is -2.14. The molecule has 0 aliphatic heterocycles. The highest BCUT2D eigenvalue weighted by Crippen LogP contribution is 2.40. The van der Waals surface area contributed by atoms with Gasteiger partial charge in [0.05, 0.1) is 37.1 Å². The molecule has 134 valence electrons. The molecule has 3 aromatic rings. The highest BCUT2D eigenvalue weighted by molar-refractivity contribution is 6.12. The van der Waals surface area contributed by atoms with E-state index in [2.05, 4.69) is 15.4 Å². The Kier molecular flexibility index (Phi) is 3.99. The van der Waals surface area contributed by atoms with Crippen molar-refractivity contribution in [1.82, 2.24) is 14.8 Å². The molecule has 2 aromatic heterocycles. The van der Waals surface area contributed by atoms with E-state index < -0.39 is 0 Å². The van der Waals surface area contributed by atoms with Crippen molar-refractivity contribution in [3.8, 4) is 11.5 Å². The van der Waals surface area contributed by atoms with E-state index in [0.29, 0.717) is 28.7 Å². The number of ether oxygens (including phenoxy) is 2. The summed E-state index contributed by atoms with van der Waals surface area (Å²) in [6.45, 7) is 0. The SMILES string of the molecule is COc1cccc(NC(=O)c2cc(C3CC3)nc3c2cnn3C)c1OC. The number of fused-ring (bicyclic) bond motifs is 1. The second kappa shape index (κ2) is 6.33. The van der Waals surface area contributed by atoms with Crippen molar-refractivity contribution in [2.45, 2.75) is 18.8 Å². The zero-order chi connectivity index (χ0) is 18.3. The number of amides is 1. The van der Waals surface area contributed by atoms with Gasteiger partial charge in [0, 0.05) is 18.7 Å². The molecule has 0 atom stereocenters. The van der Waals surface area contributed by atoms with Crippen molar-refractivity contribution in [3.05, 3.63) is 41.7 Å². The molecule has 7 nitrogen and oxygen atoms in total. The first-order valence-corrected chi connectivity index (χ1v) is 8.47. The first-order chi connectivity index (χ1) is 12.6. The third kappa shape index (κ3) is 2.75. The van der Waals surface area contributed by atoms with Crippen LogP contribution in [0.3, 0.4) is 0 Å². The van der Waals surface area contributed by atoms with E-state index in [1.54, 1.807) is 43.3 Å². The van der Waals surface area contributed by atoms with Gasteiger partial charge in [-0.3, -0.25) is 9.48 Å². The van der Waals surface area contributed by atoms with E-state index in [4.69, 9.17) is 9.47 Å². The van der Waals surface area contributed by atoms with Crippen molar-refractivity contribution in [1.29, 1.82) is 0 Å². The van der Waals surface area contributed by atoms with E-state index in [9.17, 15) is 4.79 Å². The van der Waals surface area contributed by atoms with Crippen molar-refractivity contribution in [2.24, 2.45) is 7.05 Å². The number of rotatable bonds is 5. The van der Waals surface area contributed by atoms with Crippen LogP contribution in [0.1, 0.15) is 34.8 Å². The highest BCUT2D eigenvalue weighted by Gasteiger charge is 2.28. The summed E-state index contributed by atoms with van der Waals surface area (Å²) in [6, 6.07) is 7.25. The fraction of sp³-hybridized carbons (Fsp3) is 0.316. The van der Waals surface area contributed by atoms with Gasteiger partial charge in [-0.15, -0.1) is 0 Å². The smallest absolute Gasteiger partial charge is 0.256 e. The quantitative estimate of drug-likeness (QED) is 0.763. The molecule has 1 aliphatic rings. The number of hydrogen-bond acceptors (Lipinski definition) is 5. The molecule has 1 aliphatic carbocycles. The molecule has 1 N–H and O–H groups in total. The molecule has 7 heteroatoms. The summed E-state index contributed by atoms with van der Waals surface area (Å²) in [5, 5.41) is 7.92. The number of methoxy groups -OCH3 is 2. The molecule has 0 unspecified atom stereocenters. The zero-order valence-corrected chi connectivity index (χ0v) is 14.9. The summed E-state index contributed by atoms with van der Waals surface area (Å²) < 4.78 is 12.4. The second-order valence-corrected chi connectivity index (χ2v) is 6.37. The Hall–Kier alpha value is -3.09. The lowest BCUT2D eigenvalue weighted by Gasteiger charge is -2.14. The van der Waals surface area contributed by atoms with Gasteiger partial charge in [0.25, 0.3) is 5.91 Å². The molecule has 1 saturated carbocycles. The third-order valence-corrected chi connectivity index (χ3v) is 4.62. The van der Waals surface area contributed by atoms with Crippen LogP contribution in [0, 0.1) is 0 Å². The fourth-order valence-electron chi connectivity index (χ4n) is 3.09. The normalized spacial score (nSPS) is 13.7. The van der Waals surface area contributed by atoms with Crippen LogP contribution in [0.2, 0.25) is 0 Å². The molecule has 0 saturated heterocycles. The first kappa shape index (κ1) is 16.4. The summed E-state index contributed by atoms with van der Waals surface area (Å²) in [6.07, 6.45) is 3.90. The average Bonchev–Trinajstić information content (AvgIpc) is 3.44. The molecule has 0 bridgehead atoms. The number of nitrogens with one attached hydrogen (secondary N) is 1. The van der Waals surface area contributed by atoms with Gasteiger partial charge in [-0.2, -0.15) is 5.10 Å². The maximum atomic E-state index is 13.0. The molecular formula is C19H20N4O3. The molecule has 1 aromatic carbocycles. The number of aromatic nitrogens is 3. The fourth-order valence-corrected chi connectivity index (χ4v) is 3.09. The van der Waals surface area contributed by atoms with Gasteiger partial charge in [-0.1, -0.05) is 6.07 Å². The Morgan fingerprint density at radius 1 is 1.27 bits per heavy atom. The first-order valence-electron chi connectivity index (χ1n) is 8.47. The van der Waals surface area contributed by atoms with Gasteiger partial charge >= 0.3 is 0 Å². The number of aryl methyl sites for hydroxylation is 1. The van der Waals surface area contributed by atoms with Gasteiger partial charge in [0.2, 0.25) is 0 Å². The standard InChI is InChI=1S/C19H20N4O3/c1-23-18-13(10-20-23)12(9-15(21-18)11-7-8-11)19(24)22-14-5-4-6-16(25-2)17(14)26-3/h4-6,9-11H,7-8H2,1-3H3,(H,22,24). The lowest BCUT2D eigenvalue weighted by molar-refractivity contribution is 0.102. The van der Waals surface area contributed by atoms with Crippen LogP contribution >= 0.6 is 0 Å². The van der Waals surface area contributed by atoms with Gasteiger partial charge in [0.1, 0.15) is 0 Å². The maximum absolute atomic E-state index is 13.0. The number of pyridine rings is 1. The number of carbonyl (C=O) groups excluding carboxylic acids is 1. The number of nitrogens with zero attached hydrogens (tertiary/aromatic N) is 3. The van der Waals surface area contributed by atoms with Crippen LogP contribution in [0.4, 0.5) is 5.69 Å². The minimum absolute atomic E-state index is 0.223. The summed E-state index contributed by atoms with van der Waals surface area (Å²) in [4.78, 5) is 17.7. The number of benzene rings is 1. The predicted octanol–water partition coefficient (Wildman–Crippen LogP) is 3.12. The van der Waals surface area contributed by atoms with Crippen LogP contribution in [0.5, 0.6) is 11.5 Å². The number of para-hydroxylation sites is 1. The Bertz CT molecular complexity index is 992. The molecular weight excluding hydrogens is 332 g/mol. The van der Waals surface area contributed by atoms with Gasteiger partial charge < -0.3 is 14.8 Å². The summed E-state index contributed by atoms with van der Waals surface area (Å²) >= 11 is 0. The molecule has 2 heterocycles. The van der Waals surface area contributed by atoms with Crippen LogP contribution in [-0.2, 0) is 7.05 Å². The average molecular weight is 352 g/mol. The van der Waals surface area contributed by atoms with Gasteiger partial charge in [-0.25, -0.2) is 4.98 Å². The van der Waals surface area contributed by atoms with Crippen molar-refractivity contribution < 1.29 is 14.3 Å². The predicted molar refractivity (Wildman–Crippen MR) is 98.0 cm³/mol. The Balaban J connectivity index is 1.75. The Morgan fingerprint density at radius 2 is 2.08 bits per heavy atom. The van der Waals surface area contributed by atoms with Crippen LogP contribution in [0.25, 0.3) is 11.0 Å². The third-order valence-electron chi connectivity index (χ3n) is 4.62. The highest BCUT2D eigenvalue weighted by atomic mass is 16.5. The van der Waals surface area contributed by atoms with Crippen LogP contribution in [0.15, 0.2) is 30.5 Å². The number of carbonyl (C=O) groups is 1. The summed E-state index contributed by atoms with van der Waals surface area (Å²) in [5.74, 6) is 1.26. The van der Waals surface area contributed by atoms with Crippen molar-refractivity contribution >= 4 is 22.6 Å². The Labute approximate surface area is 150 Å². The van der Waals surface area contributed by atoms with E-state index in [1.807, 2.05) is 13.1 Å². The monoisotopic (exact) mass is 352 g/mol. The molecule has 1 fully saturated rings. The van der Waals surface area contributed by atoms with Crippen LogP contribution < -0.4 is 14.8 Å². The molecule has 0 spiro atoms. The minimum atomic E-state index is -0.223. The lowest BCUT2D eigenvalue weighted by atomic mass is 10.1. The number of hydrogen-bond donors (Lipinski definition) is 1. The topological polar surface area (TPSA) is 78.3 Å². The molecule has 26 heavy (non-hydrogen) atoms. The van der Waals surface area contributed by atoms with E-state index >= 15 is 0 Å². The Morgan fingerprint density at radius 3 is 2.77 bits per heavy atom. The minimum Gasteiger partial charge on any atom is -0.493 e. The zero-order valence-electron chi connectivity index (χ0n) is 14.9. The van der Waals surface area contributed by atoms with Gasteiger partial charge in [-0.05, 0) is 31.0 Å². The summed E-state index contributed by atoms with van der Waals surface area (Å²) in [7, 11) is 4.94. The molecule has 0 radical (unpaired) electrons. The van der Waals surface area contributed by atoms with E-state index in [0.717, 1.165) is 29.6 Å².